The summed E-state index contributed by atoms with van der Waals surface area (Å²) < 4.78 is 39.2. The predicted octanol–water partition coefficient (Wildman–Crippen LogP) is 1.59. The first kappa shape index (κ1) is 21.0. The number of amides is 1. The molecule has 0 radical (unpaired) electrons. The van der Waals surface area contributed by atoms with Crippen LogP contribution in [-0.2, 0) is 10.0 Å². The van der Waals surface area contributed by atoms with Crippen molar-refractivity contribution in [2.75, 3.05) is 24.3 Å². The second-order valence-corrected chi connectivity index (χ2v) is 7.99. The van der Waals surface area contributed by atoms with Crippen molar-refractivity contribution in [2.45, 2.75) is 4.90 Å². The molecule has 164 valence electrons. The summed E-state index contributed by atoms with van der Waals surface area (Å²) in [4.78, 5) is 24.5. The lowest BCUT2D eigenvalue weighted by Crippen LogP contribution is -2.15. The first-order chi connectivity index (χ1) is 15.4. The number of carbonyl (C=O) groups excluding carboxylic acids is 1. The van der Waals surface area contributed by atoms with Gasteiger partial charge in [-0.25, -0.2) is 17.9 Å². The van der Waals surface area contributed by atoms with E-state index in [1.807, 2.05) is 0 Å². The SMILES string of the molecule is COc1cc(NS(=O)(=O)c2ccc(NC(=O)c3cnn4cccnc34)cc2)nc(OC)n1. The van der Waals surface area contributed by atoms with E-state index in [4.69, 9.17) is 9.47 Å². The maximum atomic E-state index is 12.7. The number of hydrogen-bond donors (Lipinski definition) is 2. The molecule has 12 nitrogen and oxygen atoms in total. The molecule has 1 amide bonds. The van der Waals surface area contributed by atoms with E-state index in [2.05, 4.69) is 30.1 Å². The van der Waals surface area contributed by atoms with Crippen LogP contribution < -0.4 is 19.5 Å². The van der Waals surface area contributed by atoms with Crippen LogP contribution in [-0.4, -0.2) is 53.1 Å². The molecule has 0 bridgehead atoms. The van der Waals surface area contributed by atoms with Gasteiger partial charge in [0.1, 0.15) is 5.56 Å². The fourth-order valence-corrected chi connectivity index (χ4v) is 3.74. The third kappa shape index (κ3) is 4.27. The van der Waals surface area contributed by atoms with E-state index < -0.39 is 15.9 Å². The summed E-state index contributed by atoms with van der Waals surface area (Å²) in [5, 5.41) is 6.76. The molecule has 3 heterocycles. The van der Waals surface area contributed by atoms with Crippen molar-refractivity contribution in [3.05, 3.63) is 60.6 Å². The number of benzene rings is 1. The molecule has 0 saturated heterocycles. The van der Waals surface area contributed by atoms with E-state index >= 15 is 0 Å². The maximum absolute atomic E-state index is 12.7. The highest BCUT2D eigenvalue weighted by Gasteiger charge is 2.18. The summed E-state index contributed by atoms with van der Waals surface area (Å²) >= 11 is 0. The van der Waals surface area contributed by atoms with Crippen LogP contribution in [0.4, 0.5) is 11.5 Å². The molecule has 0 atom stereocenters. The average Bonchev–Trinajstić information content (AvgIpc) is 3.23. The van der Waals surface area contributed by atoms with E-state index in [1.165, 1.54) is 55.3 Å². The van der Waals surface area contributed by atoms with Gasteiger partial charge in [0.05, 0.1) is 25.3 Å². The molecule has 0 aliphatic rings. The van der Waals surface area contributed by atoms with Gasteiger partial charge in [0.15, 0.2) is 11.5 Å². The van der Waals surface area contributed by atoms with E-state index in [9.17, 15) is 13.2 Å². The van der Waals surface area contributed by atoms with E-state index in [0.29, 0.717) is 11.3 Å². The number of methoxy groups -OCH3 is 2. The summed E-state index contributed by atoms with van der Waals surface area (Å²) in [6, 6.07) is 8.59. The highest BCUT2D eigenvalue weighted by molar-refractivity contribution is 7.92. The minimum atomic E-state index is -3.97. The number of fused-ring (bicyclic) bond motifs is 1. The van der Waals surface area contributed by atoms with Crippen LogP contribution in [0, 0.1) is 0 Å². The second kappa shape index (κ2) is 8.47. The first-order valence-electron chi connectivity index (χ1n) is 9.09. The lowest BCUT2D eigenvalue weighted by molar-refractivity contribution is 0.102. The number of hydrogen-bond acceptors (Lipinski definition) is 9. The Bertz CT molecular complexity index is 1360. The van der Waals surface area contributed by atoms with Crippen molar-refractivity contribution in [2.24, 2.45) is 0 Å². The third-order valence-corrected chi connectivity index (χ3v) is 5.63. The van der Waals surface area contributed by atoms with Gasteiger partial charge in [0.25, 0.3) is 15.9 Å². The van der Waals surface area contributed by atoms with Gasteiger partial charge in [-0.1, -0.05) is 0 Å². The molecule has 13 heteroatoms. The van der Waals surface area contributed by atoms with Gasteiger partial charge in [-0.05, 0) is 30.3 Å². The Balaban J connectivity index is 1.51. The zero-order chi connectivity index (χ0) is 22.7. The van der Waals surface area contributed by atoms with Crippen molar-refractivity contribution in [3.8, 4) is 11.9 Å². The Kier molecular flexibility index (Phi) is 5.55. The third-order valence-electron chi connectivity index (χ3n) is 4.26. The van der Waals surface area contributed by atoms with Crippen LogP contribution in [0.2, 0.25) is 0 Å². The van der Waals surface area contributed by atoms with Gasteiger partial charge in [-0.15, -0.1) is 0 Å². The van der Waals surface area contributed by atoms with Gasteiger partial charge >= 0.3 is 6.01 Å². The zero-order valence-corrected chi connectivity index (χ0v) is 17.7. The van der Waals surface area contributed by atoms with Crippen LogP contribution in [0.5, 0.6) is 11.9 Å². The molecule has 0 aliphatic carbocycles. The monoisotopic (exact) mass is 455 g/mol. The maximum Gasteiger partial charge on any atom is 0.321 e. The largest absolute Gasteiger partial charge is 0.481 e. The zero-order valence-electron chi connectivity index (χ0n) is 16.9. The average molecular weight is 455 g/mol. The minimum absolute atomic E-state index is 0.0216. The standard InChI is InChI=1S/C19H17N7O5S/c1-30-16-10-15(23-19(24-16)31-2)25-32(28,29)13-6-4-12(5-7-13)22-18(27)14-11-21-26-9-3-8-20-17(14)26/h3-11H,1-2H3,(H,22,27)(H,23,24,25). The van der Waals surface area contributed by atoms with Gasteiger partial charge in [0, 0.05) is 24.1 Å². The van der Waals surface area contributed by atoms with Crippen molar-refractivity contribution in [1.82, 2.24) is 24.6 Å². The molecule has 4 rings (SSSR count). The number of rotatable bonds is 7. The molecular weight excluding hydrogens is 438 g/mol. The Labute approximate surface area is 182 Å². The molecular formula is C19H17N7O5S. The number of nitrogens with zero attached hydrogens (tertiary/aromatic N) is 5. The highest BCUT2D eigenvalue weighted by atomic mass is 32.2. The van der Waals surface area contributed by atoms with Gasteiger partial charge < -0.3 is 14.8 Å². The molecule has 4 aromatic rings. The normalized spacial score (nSPS) is 11.2. The number of carbonyl (C=O) groups is 1. The number of anilines is 2. The summed E-state index contributed by atoms with van der Waals surface area (Å²) in [6.07, 6.45) is 4.64. The van der Waals surface area contributed by atoms with Crippen LogP contribution in [0.25, 0.3) is 5.65 Å². The molecule has 0 aliphatic heterocycles. The molecule has 1 aromatic carbocycles. The van der Waals surface area contributed by atoms with Gasteiger partial charge in [0.2, 0.25) is 5.88 Å². The smallest absolute Gasteiger partial charge is 0.321 e. The van der Waals surface area contributed by atoms with Gasteiger partial charge in [-0.2, -0.15) is 15.1 Å². The Morgan fingerprint density at radius 2 is 1.88 bits per heavy atom. The molecule has 32 heavy (non-hydrogen) atoms. The molecule has 0 spiro atoms. The summed E-state index contributed by atoms with van der Waals surface area (Å²) in [6.45, 7) is 0. The molecule has 0 fully saturated rings. The summed E-state index contributed by atoms with van der Waals surface area (Å²) in [7, 11) is -1.23. The second-order valence-electron chi connectivity index (χ2n) is 6.31. The Morgan fingerprint density at radius 3 is 2.59 bits per heavy atom. The summed E-state index contributed by atoms with van der Waals surface area (Å²) in [5.74, 6) is -0.311. The quantitative estimate of drug-likeness (QED) is 0.423. The minimum Gasteiger partial charge on any atom is -0.481 e. The van der Waals surface area contributed by atoms with E-state index in [1.54, 1.807) is 18.5 Å². The Morgan fingerprint density at radius 1 is 1.09 bits per heavy atom. The van der Waals surface area contributed by atoms with Crippen LogP contribution >= 0.6 is 0 Å². The van der Waals surface area contributed by atoms with Gasteiger partial charge in [-0.3, -0.25) is 9.52 Å². The number of ether oxygens (including phenoxy) is 2. The highest BCUT2D eigenvalue weighted by Crippen LogP contribution is 2.22. The molecule has 3 aromatic heterocycles. The van der Waals surface area contributed by atoms with Crippen molar-refractivity contribution in [1.29, 1.82) is 0 Å². The summed E-state index contributed by atoms with van der Waals surface area (Å²) in [5.41, 5.74) is 1.09. The van der Waals surface area contributed by atoms with Crippen molar-refractivity contribution >= 4 is 33.1 Å². The van der Waals surface area contributed by atoms with Crippen LogP contribution in [0.3, 0.4) is 0 Å². The fraction of sp³-hybridized carbons (Fsp3) is 0.105. The van der Waals surface area contributed by atoms with E-state index in [-0.39, 0.29) is 28.2 Å². The Hall–Kier alpha value is -4.26. The van der Waals surface area contributed by atoms with E-state index in [0.717, 1.165) is 0 Å². The van der Waals surface area contributed by atoms with Crippen molar-refractivity contribution < 1.29 is 22.7 Å². The fourth-order valence-electron chi connectivity index (χ4n) is 2.75. The van der Waals surface area contributed by atoms with Crippen LogP contribution in [0.1, 0.15) is 10.4 Å². The lowest BCUT2D eigenvalue weighted by Gasteiger charge is -2.10. The number of sulfonamides is 1. The topological polar surface area (TPSA) is 150 Å². The lowest BCUT2D eigenvalue weighted by atomic mass is 10.2. The predicted molar refractivity (Wildman–Crippen MR) is 113 cm³/mol. The molecule has 2 N–H and O–H groups in total. The molecule has 0 saturated carbocycles. The van der Waals surface area contributed by atoms with Crippen molar-refractivity contribution in [3.63, 3.8) is 0 Å². The number of aromatic nitrogens is 5. The van der Waals surface area contributed by atoms with Crippen LogP contribution in [0.15, 0.2) is 59.9 Å². The first-order valence-corrected chi connectivity index (χ1v) is 10.6. The number of nitrogens with one attached hydrogen (secondary N) is 2. The molecule has 0 unspecified atom stereocenters.